The number of piperazine rings is 1. The molecule has 0 aliphatic carbocycles. The SMILES string of the molecule is C/C=C\C(=C/C)C(c1ccccc1)N1CCNCC1.CC.CC. The number of allylic oxidation sites excluding steroid dienone is 2. The van der Waals surface area contributed by atoms with Crippen LogP contribution in [0.4, 0.5) is 0 Å². The van der Waals surface area contributed by atoms with Gasteiger partial charge in [-0.05, 0) is 25.0 Å². The second kappa shape index (κ2) is 14.2. The zero-order valence-electron chi connectivity index (χ0n) is 16.0. The monoisotopic (exact) mass is 316 g/mol. The predicted octanol–water partition coefficient (Wildman–Crippen LogP) is 5.21. The molecule has 0 spiro atoms. The van der Waals surface area contributed by atoms with Crippen LogP contribution in [-0.4, -0.2) is 31.1 Å². The van der Waals surface area contributed by atoms with Crippen LogP contribution in [0.15, 0.2) is 54.1 Å². The molecule has 1 aromatic carbocycles. The fourth-order valence-corrected chi connectivity index (χ4v) is 2.73. The summed E-state index contributed by atoms with van der Waals surface area (Å²) in [6, 6.07) is 11.2. The highest BCUT2D eigenvalue weighted by atomic mass is 15.2. The van der Waals surface area contributed by atoms with Crippen LogP contribution < -0.4 is 5.32 Å². The molecular formula is C21H36N2. The van der Waals surface area contributed by atoms with E-state index >= 15 is 0 Å². The van der Waals surface area contributed by atoms with Crippen molar-refractivity contribution in [2.75, 3.05) is 26.2 Å². The van der Waals surface area contributed by atoms with E-state index in [1.54, 1.807) is 0 Å². The predicted molar refractivity (Wildman–Crippen MR) is 105 cm³/mol. The minimum atomic E-state index is 0.379. The Kier molecular flexibility index (Phi) is 13.4. The fourth-order valence-electron chi connectivity index (χ4n) is 2.73. The lowest BCUT2D eigenvalue weighted by atomic mass is 9.95. The maximum Gasteiger partial charge on any atom is 0.0599 e. The van der Waals surface area contributed by atoms with Gasteiger partial charge in [0.15, 0.2) is 0 Å². The third-order valence-electron chi connectivity index (χ3n) is 3.64. The van der Waals surface area contributed by atoms with Gasteiger partial charge in [0.05, 0.1) is 6.04 Å². The summed E-state index contributed by atoms with van der Waals surface area (Å²) in [5.74, 6) is 0. The molecule has 1 unspecified atom stereocenters. The van der Waals surface area contributed by atoms with E-state index in [2.05, 4.69) is 72.6 Å². The number of benzene rings is 1. The first kappa shape index (κ1) is 21.6. The lowest BCUT2D eigenvalue weighted by Crippen LogP contribution is -2.45. The van der Waals surface area contributed by atoms with Gasteiger partial charge in [-0.2, -0.15) is 0 Å². The van der Waals surface area contributed by atoms with Gasteiger partial charge >= 0.3 is 0 Å². The van der Waals surface area contributed by atoms with E-state index in [1.807, 2.05) is 27.7 Å². The van der Waals surface area contributed by atoms with Crippen LogP contribution in [0.25, 0.3) is 0 Å². The summed E-state index contributed by atoms with van der Waals surface area (Å²) >= 11 is 0. The van der Waals surface area contributed by atoms with Gasteiger partial charge in [-0.25, -0.2) is 0 Å². The smallest absolute Gasteiger partial charge is 0.0599 e. The van der Waals surface area contributed by atoms with Crippen LogP contribution in [0, 0.1) is 0 Å². The molecule has 130 valence electrons. The first-order valence-corrected chi connectivity index (χ1v) is 9.15. The Morgan fingerprint density at radius 3 is 2.04 bits per heavy atom. The lowest BCUT2D eigenvalue weighted by molar-refractivity contribution is 0.198. The molecule has 0 radical (unpaired) electrons. The zero-order valence-corrected chi connectivity index (χ0v) is 16.0. The minimum absolute atomic E-state index is 0.379. The summed E-state index contributed by atoms with van der Waals surface area (Å²) in [6.07, 6.45) is 6.60. The molecule has 0 bridgehead atoms. The van der Waals surface area contributed by atoms with E-state index in [1.165, 1.54) is 11.1 Å². The summed E-state index contributed by atoms with van der Waals surface area (Å²) in [7, 11) is 0. The van der Waals surface area contributed by atoms with Gasteiger partial charge in [-0.1, -0.05) is 76.3 Å². The molecule has 1 atom stereocenters. The second-order valence-corrected chi connectivity index (χ2v) is 4.89. The Hall–Kier alpha value is -1.38. The first-order chi connectivity index (χ1) is 11.4. The second-order valence-electron chi connectivity index (χ2n) is 4.89. The number of nitrogens with one attached hydrogen (secondary N) is 1. The topological polar surface area (TPSA) is 15.3 Å². The molecule has 0 aromatic heterocycles. The van der Waals surface area contributed by atoms with Crippen molar-refractivity contribution in [3.8, 4) is 0 Å². The molecule has 1 saturated heterocycles. The van der Waals surface area contributed by atoms with E-state index in [9.17, 15) is 0 Å². The van der Waals surface area contributed by atoms with Crippen LogP contribution in [0.1, 0.15) is 53.1 Å². The molecule has 2 heteroatoms. The summed E-state index contributed by atoms with van der Waals surface area (Å²) in [5.41, 5.74) is 2.77. The van der Waals surface area contributed by atoms with E-state index in [0.29, 0.717) is 6.04 Å². The quantitative estimate of drug-likeness (QED) is 0.767. The van der Waals surface area contributed by atoms with E-state index in [-0.39, 0.29) is 0 Å². The highest BCUT2D eigenvalue weighted by Gasteiger charge is 2.23. The molecule has 0 saturated carbocycles. The van der Waals surface area contributed by atoms with Gasteiger partial charge in [0.1, 0.15) is 0 Å². The summed E-state index contributed by atoms with van der Waals surface area (Å²) < 4.78 is 0. The maximum absolute atomic E-state index is 3.43. The van der Waals surface area contributed by atoms with E-state index < -0.39 is 0 Å². The fraction of sp³-hybridized carbons (Fsp3) is 0.524. The van der Waals surface area contributed by atoms with Crippen LogP contribution in [0.5, 0.6) is 0 Å². The van der Waals surface area contributed by atoms with Crippen LogP contribution in [-0.2, 0) is 0 Å². The van der Waals surface area contributed by atoms with Crippen LogP contribution in [0.3, 0.4) is 0 Å². The van der Waals surface area contributed by atoms with E-state index in [0.717, 1.165) is 26.2 Å². The van der Waals surface area contributed by atoms with Crippen molar-refractivity contribution in [1.82, 2.24) is 10.2 Å². The first-order valence-electron chi connectivity index (χ1n) is 9.15. The highest BCUT2D eigenvalue weighted by molar-refractivity contribution is 5.34. The van der Waals surface area contributed by atoms with Crippen molar-refractivity contribution in [3.63, 3.8) is 0 Å². The van der Waals surface area contributed by atoms with Gasteiger partial charge in [-0.15, -0.1) is 0 Å². The Balaban J connectivity index is 0.00000112. The third kappa shape index (κ3) is 7.15. The van der Waals surface area contributed by atoms with Crippen molar-refractivity contribution < 1.29 is 0 Å². The largest absolute Gasteiger partial charge is 0.314 e. The Morgan fingerprint density at radius 2 is 1.57 bits per heavy atom. The molecule has 23 heavy (non-hydrogen) atoms. The Labute approximate surface area is 144 Å². The average Bonchev–Trinajstić information content (AvgIpc) is 2.66. The minimum Gasteiger partial charge on any atom is -0.314 e. The molecule has 0 amide bonds. The van der Waals surface area contributed by atoms with Gasteiger partial charge in [0.2, 0.25) is 0 Å². The molecule has 1 heterocycles. The molecule has 1 aliphatic rings. The number of hydrogen-bond acceptors (Lipinski definition) is 2. The standard InChI is InChI=1S/C17H24N2.2C2H6/c1-3-8-15(4-2)17(16-9-6-5-7-10-16)19-13-11-18-12-14-19;2*1-2/h3-10,17-18H,11-14H2,1-2H3;2*1-2H3/b8-3-,15-4+;;. The van der Waals surface area contributed by atoms with E-state index in [4.69, 9.17) is 0 Å². The van der Waals surface area contributed by atoms with Gasteiger partial charge < -0.3 is 5.32 Å². The van der Waals surface area contributed by atoms with Crippen molar-refractivity contribution in [2.45, 2.75) is 47.6 Å². The summed E-state index contributed by atoms with van der Waals surface area (Å²) in [5, 5.41) is 3.43. The van der Waals surface area contributed by atoms with Crippen molar-refractivity contribution in [2.24, 2.45) is 0 Å². The van der Waals surface area contributed by atoms with Crippen molar-refractivity contribution in [3.05, 3.63) is 59.7 Å². The average molecular weight is 317 g/mol. The van der Waals surface area contributed by atoms with Crippen LogP contribution >= 0.6 is 0 Å². The summed E-state index contributed by atoms with van der Waals surface area (Å²) in [6.45, 7) is 16.6. The van der Waals surface area contributed by atoms with Gasteiger partial charge in [0, 0.05) is 26.2 Å². The van der Waals surface area contributed by atoms with Gasteiger partial charge in [-0.3, -0.25) is 4.90 Å². The molecule has 2 nitrogen and oxygen atoms in total. The molecule has 1 aromatic rings. The highest BCUT2D eigenvalue weighted by Crippen LogP contribution is 2.29. The van der Waals surface area contributed by atoms with Gasteiger partial charge in [0.25, 0.3) is 0 Å². The molecular weight excluding hydrogens is 280 g/mol. The summed E-state index contributed by atoms with van der Waals surface area (Å²) in [4.78, 5) is 2.57. The maximum atomic E-state index is 3.43. The molecule has 1 fully saturated rings. The Morgan fingerprint density at radius 1 is 1.00 bits per heavy atom. The molecule has 1 N–H and O–H groups in total. The normalized spacial score (nSPS) is 16.9. The number of rotatable bonds is 4. The van der Waals surface area contributed by atoms with Crippen molar-refractivity contribution in [1.29, 1.82) is 0 Å². The number of hydrogen-bond donors (Lipinski definition) is 1. The molecule has 2 rings (SSSR count). The third-order valence-corrected chi connectivity index (χ3v) is 3.64. The molecule has 1 aliphatic heterocycles. The number of nitrogens with zero attached hydrogens (tertiary/aromatic N) is 1. The zero-order chi connectivity index (χ0) is 17.5. The Bertz CT molecular complexity index is 428. The van der Waals surface area contributed by atoms with Crippen LogP contribution in [0.2, 0.25) is 0 Å². The lowest BCUT2D eigenvalue weighted by Gasteiger charge is -2.36. The van der Waals surface area contributed by atoms with Crippen molar-refractivity contribution >= 4 is 0 Å².